The third kappa shape index (κ3) is 2.28. The smallest absolute Gasteiger partial charge is 0.101 e. The van der Waals surface area contributed by atoms with Gasteiger partial charge in [0.05, 0.1) is 0 Å². The molecule has 4 heteroatoms. The highest BCUT2D eigenvalue weighted by Gasteiger charge is 2.32. The van der Waals surface area contributed by atoms with Crippen molar-refractivity contribution in [1.29, 1.82) is 0 Å². The highest BCUT2D eigenvalue weighted by Crippen LogP contribution is 2.34. The second-order valence-corrected chi connectivity index (χ2v) is 4.68. The van der Waals surface area contributed by atoms with Crippen LogP contribution in [0.3, 0.4) is 0 Å². The fraction of sp³-hybridized carbons (Fsp3) is 0.600. The molecular formula is C10H16ClNOS. The summed E-state index contributed by atoms with van der Waals surface area (Å²) in [6.45, 7) is 3.92. The lowest BCUT2D eigenvalue weighted by Crippen LogP contribution is -2.39. The lowest BCUT2D eigenvalue weighted by Gasteiger charge is -2.31. The molecule has 14 heavy (non-hydrogen) atoms. The Bertz CT molecular complexity index is 294. The van der Waals surface area contributed by atoms with Crippen LogP contribution in [0.4, 0.5) is 0 Å². The lowest BCUT2D eigenvalue weighted by molar-refractivity contribution is 0.00941. The molecule has 1 aliphatic rings. The Hall–Kier alpha value is -0.0900. The molecule has 0 spiro atoms. The SMILES string of the molecule is Cc1csc(C2(O)CCNCC2)c1.Cl. The number of thiophene rings is 1. The van der Waals surface area contributed by atoms with Gasteiger partial charge in [0.25, 0.3) is 0 Å². The first kappa shape index (κ1) is 12.0. The Kier molecular flexibility index (Phi) is 3.95. The summed E-state index contributed by atoms with van der Waals surface area (Å²) in [6.07, 6.45) is 1.68. The second-order valence-electron chi connectivity index (χ2n) is 3.77. The molecule has 0 aliphatic carbocycles. The summed E-state index contributed by atoms with van der Waals surface area (Å²) in [5.74, 6) is 0. The van der Waals surface area contributed by atoms with E-state index in [0.717, 1.165) is 30.8 Å². The standard InChI is InChI=1S/C10H15NOS.ClH/c1-8-6-9(13-7-8)10(12)2-4-11-5-3-10;/h6-7,11-12H,2-5H2,1H3;1H. The van der Waals surface area contributed by atoms with Crippen molar-refractivity contribution in [2.24, 2.45) is 0 Å². The van der Waals surface area contributed by atoms with E-state index in [1.165, 1.54) is 5.56 Å². The van der Waals surface area contributed by atoms with Crippen LogP contribution in [-0.2, 0) is 5.60 Å². The molecule has 2 rings (SSSR count). The minimum absolute atomic E-state index is 0. The third-order valence-electron chi connectivity index (χ3n) is 2.62. The van der Waals surface area contributed by atoms with Gasteiger partial charge in [0.2, 0.25) is 0 Å². The van der Waals surface area contributed by atoms with E-state index in [2.05, 4.69) is 23.7 Å². The highest BCUT2D eigenvalue weighted by atomic mass is 35.5. The number of hydrogen-bond donors (Lipinski definition) is 2. The number of rotatable bonds is 1. The van der Waals surface area contributed by atoms with E-state index in [-0.39, 0.29) is 12.4 Å². The quantitative estimate of drug-likeness (QED) is 0.778. The summed E-state index contributed by atoms with van der Waals surface area (Å²) in [5.41, 5.74) is 0.705. The molecule has 1 aromatic rings. The van der Waals surface area contributed by atoms with E-state index < -0.39 is 5.60 Å². The number of piperidine rings is 1. The molecule has 1 aliphatic heterocycles. The van der Waals surface area contributed by atoms with Crippen LogP contribution in [0.5, 0.6) is 0 Å². The summed E-state index contributed by atoms with van der Waals surface area (Å²) < 4.78 is 0. The van der Waals surface area contributed by atoms with Crippen molar-refractivity contribution < 1.29 is 5.11 Å². The van der Waals surface area contributed by atoms with Crippen LogP contribution in [0.1, 0.15) is 23.3 Å². The molecule has 0 atom stereocenters. The molecule has 0 aromatic carbocycles. The topological polar surface area (TPSA) is 32.3 Å². The summed E-state index contributed by atoms with van der Waals surface area (Å²) in [6, 6.07) is 2.11. The van der Waals surface area contributed by atoms with Crippen molar-refractivity contribution in [3.63, 3.8) is 0 Å². The summed E-state index contributed by atoms with van der Waals surface area (Å²) in [7, 11) is 0. The molecule has 0 bridgehead atoms. The maximum atomic E-state index is 10.3. The first-order chi connectivity index (χ1) is 6.21. The summed E-state index contributed by atoms with van der Waals surface area (Å²) >= 11 is 1.68. The van der Waals surface area contributed by atoms with E-state index in [1.807, 2.05) is 0 Å². The Morgan fingerprint density at radius 1 is 1.43 bits per heavy atom. The number of halogens is 1. The van der Waals surface area contributed by atoms with Crippen molar-refractivity contribution in [2.45, 2.75) is 25.4 Å². The molecule has 2 nitrogen and oxygen atoms in total. The normalized spacial score (nSPS) is 20.1. The van der Waals surface area contributed by atoms with Crippen molar-refractivity contribution >= 4 is 23.7 Å². The van der Waals surface area contributed by atoms with Crippen LogP contribution in [0.15, 0.2) is 11.4 Å². The minimum Gasteiger partial charge on any atom is -0.384 e. The molecule has 1 saturated heterocycles. The molecule has 2 heterocycles. The average molecular weight is 234 g/mol. The van der Waals surface area contributed by atoms with Gasteiger partial charge in [0.15, 0.2) is 0 Å². The highest BCUT2D eigenvalue weighted by molar-refractivity contribution is 7.10. The van der Waals surface area contributed by atoms with E-state index in [4.69, 9.17) is 0 Å². The van der Waals surface area contributed by atoms with Gasteiger partial charge in [-0.25, -0.2) is 0 Å². The zero-order valence-electron chi connectivity index (χ0n) is 8.25. The Balaban J connectivity index is 0.000000980. The third-order valence-corrected chi connectivity index (χ3v) is 3.86. The number of nitrogens with one attached hydrogen (secondary N) is 1. The van der Waals surface area contributed by atoms with Gasteiger partial charge in [-0.15, -0.1) is 23.7 Å². The Labute approximate surface area is 94.8 Å². The van der Waals surface area contributed by atoms with Crippen LogP contribution >= 0.6 is 23.7 Å². The largest absolute Gasteiger partial charge is 0.384 e. The van der Waals surface area contributed by atoms with Crippen LogP contribution < -0.4 is 5.32 Å². The van der Waals surface area contributed by atoms with Crippen LogP contribution in [0.25, 0.3) is 0 Å². The minimum atomic E-state index is -0.551. The monoisotopic (exact) mass is 233 g/mol. The molecule has 80 valence electrons. The van der Waals surface area contributed by atoms with Crippen molar-refractivity contribution in [2.75, 3.05) is 13.1 Å². The Morgan fingerprint density at radius 3 is 2.57 bits per heavy atom. The number of aliphatic hydroxyl groups is 1. The van der Waals surface area contributed by atoms with Crippen LogP contribution in [0.2, 0.25) is 0 Å². The fourth-order valence-electron chi connectivity index (χ4n) is 1.76. The first-order valence-corrected chi connectivity index (χ1v) is 5.57. The van der Waals surface area contributed by atoms with Crippen molar-refractivity contribution in [3.05, 3.63) is 21.9 Å². The van der Waals surface area contributed by atoms with Gasteiger partial charge < -0.3 is 10.4 Å². The van der Waals surface area contributed by atoms with Gasteiger partial charge in [-0.2, -0.15) is 0 Å². The Morgan fingerprint density at radius 2 is 2.07 bits per heavy atom. The van der Waals surface area contributed by atoms with Gasteiger partial charge in [-0.3, -0.25) is 0 Å². The van der Waals surface area contributed by atoms with Crippen molar-refractivity contribution in [1.82, 2.24) is 5.32 Å². The number of aryl methyl sites for hydroxylation is 1. The second kappa shape index (κ2) is 4.62. The summed E-state index contributed by atoms with van der Waals surface area (Å²) in [4.78, 5) is 1.13. The molecule has 1 aromatic heterocycles. The van der Waals surface area contributed by atoms with Gasteiger partial charge in [0, 0.05) is 4.88 Å². The zero-order valence-corrected chi connectivity index (χ0v) is 9.88. The fourth-order valence-corrected chi connectivity index (χ4v) is 2.82. The van der Waals surface area contributed by atoms with E-state index in [9.17, 15) is 5.11 Å². The molecule has 0 saturated carbocycles. The van der Waals surface area contributed by atoms with Crippen molar-refractivity contribution in [3.8, 4) is 0 Å². The van der Waals surface area contributed by atoms with Crippen LogP contribution in [-0.4, -0.2) is 18.2 Å². The molecule has 0 radical (unpaired) electrons. The maximum absolute atomic E-state index is 10.3. The van der Waals surface area contributed by atoms with E-state index in [0.29, 0.717) is 0 Å². The molecule has 2 N–H and O–H groups in total. The van der Waals surface area contributed by atoms with Gasteiger partial charge >= 0.3 is 0 Å². The average Bonchev–Trinajstić information content (AvgIpc) is 2.54. The van der Waals surface area contributed by atoms with E-state index >= 15 is 0 Å². The van der Waals surface area contributed by atoms with Gasteiger partial charge in [0.1, 0.15) is 5.60 Å². The predicted molar refractivity (Wildman–Crippen MR) is 62.3 cm³/mol. The summed E-state index contributed by atoms with van der Waals surface area (Å²) in [5, 5.41) is 15.7. The van der Waals surface area contributed by atoms with E-state index in [1.54, 1.807) is 11.3 Å². The van der Waals surface area contributed by atoms with Gasteiger partial charge in [-0.1, -0.05) is 0 Å². The predicted octanol–water partition coefficient (Wildman–Crippen LogP) is 2.05. The molecule has 0 amide bonds. The molecular weight excluding hydrogens is 218 g/mol. The first-order valence-electron chi connectivity index (χ1n) is 4.69. The number of hydrogen-bond acceptors (Lipinski definition) is 3. The molecule has 1 fully saturated rings. The lowest BCUT2D eigenvalue weighted by atomic mass is 9.91. The zero-order chi connectivity index (χ0) is 9.31. The molecule has 0 unspecified atom stereocenters. The van der Waals surface area contributed by atoms with Crippen LogP contribution in [0, 0.1) is 6.92 Å². The van der Waals surface area contributed by atoms with Gasteiger partial charge in [-0.05, 0) is 49.9 Å². The maximum Gasteiger partial charge on any atom is 0.101 e.